The summed E-state index contributed by atoms with van der Waals surface area (Å²) in [5.74, 6) is -1.73. The second kappa shape index (κ2) is 9.89. The van der Waals surface area contributed by atoms with E-state index in [1.807, 2.05) is 19.1 Å². The van der Waals surface area contributed by atoms with E-state index >= 15 is 0 Å². The van der Waals surface area contributed by atoms with E-state index in [4.69, 9.17) is 13.9 Å². The smallest absolute Gasteiger partial charge is 0.308 e. The third kappa shape index (κ3) is 4.30. The number of fused-ring (bicyclic) bond motifs is 1. The van der Waals surface area contributed by atoms with Gasteiger partial charge in [-0.15, -0.1) is 0 Å². The van der Waals surface area contributed by atoms with Crippen molar-refractivity contribution in [3.05, 3.63) is 101 Å². The molecule has 1 N–H and O–H groups in total. The average Bonchev–Trinajstić information content (AvgIpc) is 3.47. The molecule has 5 rings (SSSR count). The van der Waals surface area contributed by atoms with E-state index in [0.717, 1.165) is 12.0 Å². The summed E-state index contributed by atoms with van der Waals surface area (Å²) in [7, 11) is 1.50. The molecule has 0 saturated carbocycles. The number of methoxy groups -OCH3 is 1. The van der Waals surface area contributed by atoms with Gasteiger partial charge < -0.3 is 19.0 Å². The number of rotatable bonds is 7. The number of esters is 1. The maximum Gasteiger partial charge on any atom is 0.308 e. The van der Waals surface area contributed by atoms with Crippen LogP contribution in [0.3, 0.4) is 0 Å². The fraction of sp³-hybridized carbons (Fsp3) is 0.167. The van der Waals surface area contributed by atoms with Crippen molar-refractivity contribution in [2.75, 3.05) is 12.0 Å². The summed E-state index contributed by atoms with van der Waals surface area (Å²) in [4.78, 5) is 40.0. The van der Waals surface area contributed by atoms with Gasteiger partial charge in [-0.3, -0.25) is 19.3 Å². The molecule has 1 aliphatic rings. The first-order valence-electron chi connectivity index (χ1n) is 12.1. The summed E-state index contributed by atoms with van der Waals surface area (Å²) < 4.78 is 16.3. The van der Waals surface area contributed by atoms with Crippen molar-refractivity contribution in [1.82, 2.24) is 0 Å². The Morgan fingerprint density at radius 3 is 2.37 bits per heavy atom. The zero-order chi connectivity index (χ0) is 27.0. The summed E-state index contributed by atoms with van der Waals surface area (Å²) in [6.45, 7) is 3.32. The monoisotopic (exact) mass is 511 g/mol. The van der Waals surface area contributed by atoms with Crippen LogP contribution in [0.4, 0.5) is 5.69 Å². The number of nitrogens with zero attached hydrogens (tertiary/aromatic N) is 1. The van der Waals surface area contributed by atoms with Gasteiger partial charge in [0.1, 0.15) is 5.75 Å². The van der Waals surface area contributed by atoms with Crippen LogP contribution in [0, 0.1) is 0 Å². The zero-order valence-electron chi connectivity index (χ0n) is 21.1. The maximum atomic E-state index is 13.8. The van der Waals surface area contributed by atoms with Crippen LogP contribution in [0.25, 0.3) is 11.0 Å². The summed E-state index contributed by atoms with van der Waals surface area (Å²) in [5.41, 5.74) is 2.40. The minimum atomic E-state index is -0.955. The lowest BCUT2D eigenvalue weighted by molar-refractivity contribution is -0.131. The molecule has 0 aliphatic carbocycles. The number of carbonyl (C=O) groups is 3. The highest BCUT2D eigenvalue weighted by Crippen LogP contribution is 2.43. The molecule has 8 heteroatoms. The van der Waals surface area contributed by atoms with Gasteiger partial charge >= 0.3 is 5.97 Å². The van der Waals surface area contributed by atoms with Crippen molar-refractivity contribution in [2.24, 2.45) is 0 Å². The lowest BCUT2D eigenvalue weighted by atomic mass is 9.94. The lowest BCUT2D eigenvalue weighted by Crippen LogP contribution is -2.31. The van der Waals surface area contributed by atoms with Crippen molar-refractivity contribution < 1.29 is 33.4 Å². The number of aliphatic hydroxyl groups excluding tert-OH is 1. The van der Waals surface area contributed by atoms with Gasteiger partial charge in [0, 0.05) is 18.0 Å². The molecule has 0 radical (unpaired) electrons. The van der Waals surface area contributed by atoms with Crippen LogP contribution in [0.5, 0.6) is 11.5 Å². The maximum absolute atomic E-state index is 13.8. The number of anilines is 1. The van der Waals surface area contributed by atoms with E-state index in [0.29, 0.717) is 33.7 Å². The van der Waals surface area contributed by atoms with E-state index in [-0.39, 0.29) is 11.3 Å². The number of amides is 1. The van der Waals surface area contributed by atoms with Gasteiger partial charge in [0.25, 0.3) is 5.91 Å². The highest BCUT2D eigenvalue weighted by Gasteiger charge is 2.45. The Bertz CT molecular complexity index is 1580. The molecule has 4 aromatic rings. The normalized spacial score (nSPS) is 15.3. The van der Waals surface area contributed by atoms with E-state index in [1.54, 1.807) is 60.7 Å². The molecular formula is C30H25NO7. The van der Waals surface area contributed by atoms with E-state index in [9.17, 15) is 19.5 Å². The van der Waals surface area contributed by atoms with Crippen LogP contribution in [0.1, 0.15) is 41.6 Å². The molecule has 38 heavy (non-hydrogen) atoms. The Morgan fingerprint density at radius 1 is 1.03 bits per heavy atom. The molecular weight excluding hydrogens is 486 g/mol. The topological polar surface area (TPSA) is 106 Å². The fourth-order valence-corrected chi connectivity index (χ4v) is 4.64. The number of benzene rings is 3. The van der Waals surface area contributed by atoms with Crippen LogP contribution in [-0.2, 0) is 16.0 Å². The molecule has 0 bridgehead atoms. The van der Waals surface area contributed by atoms with Crippen LogP contribution in [0.2, 0.25) is 0 Å². The highest BCUT2D eigenvalue weighted by molar-refractivity contribution is 6.20. The van der Waals surface area contributed by atoms with Crippen molar-refractivity contribution in [1.29, 1.82) is 0 Å². The van der Waals surface area contributed by atoms with Gasteiger partial charge in [0.2, 0.25) is 5.78 Å². The summed E-state index contributed by atoms with van der Waals surface area (Å²) in [6, 6.07) is 19.7. The molecule has 8 nitrogen and oxygen atoms in total. The third-order valence-electron chi connectivity index (χ3n) is 6.48. The average molecular weight is 512 g/mol. The van der Waals surface area contributed by atoms with Crippen LogP contribution in [0.15, 0.2) is 88.5 Å². The predicted octanol–water partition coefficient (Wildman–Crippen LogP) is 5.71. The number of aliphatic hydroxyl groups is 1. The number of ether oxygens (including phenoxy) is 2. The van der Waals surface area contributed by atoms with Gasteiger partial charge in [-0.25, -0.2) is 0 Å². The number of aryl methyl sites for hydroxylation is 1. The van der Waals surface area contributed by atoms with E-state index < -0.39 is 29.5 Å². The van der Waals surface area contributed by atoms with Crippen LogP contribution >= 0.6 is 0 Å². The van der Waals surface area contributed by atoms with Crippen molar-refractivity contribution in [3.8, 4) is 11.5 Å². The number of furan rings is 1. The molecule has 1 unspecified atom stereocenters. The predicted molar refractivity (Wildman–Crippen MR) is 141 cm³/mol. The Morgan fingerprint density at radius 2 is 1.74 bits per heavy atom. The van der Waals surface area contributed by atoms with E-state index in [2.05, 4.69) is 0 Å². The number of hydrogen-bond acceptors (Lipinski definition) is 7. The molecule has 0 saturated heterocycles. The fourth-order valence-electron chi connectivity index (χ4n) is 4.64. The first-order valence-corrected chi connectivity index (χ1v) is 12.1. The largest absolute Gasteiger partial charge is 0.503 e. The summed E-state index contributed by atoms with van der Waals surface area (Å²) >= 11 is 0. The Kier molecular flexibility index (Phi) is 6.46. The Labute approximate surface area is 218 Å². The summed E-state index contributed by atoms with van der Waals surface area (Å²) in [6.07, 6.45) is 0.817. The molecule has 1 atom stereocenters. The first-order chi connectivity index (χ1) is 18.3. The second-order valence-corrected chi connectivity index (χ2v) is 8.84. The van der Waals surface area contributed by atoms with Gasteiger partial charge in [0.15, 0.2) is 22.9 Å². The Balaban J connectivity index is 1.62. The number of ketones is 1. The Hall–Kier alpha value is -4.85. The molecule has 1 aromatic heterocycles. The number of hydrogen-bond donors (Lipinski definition) is 1. The lowest BCUT2D eigenvalue weighted by Gasteiger charge is -2.27. The molecule has 2 heterocycles. The van der Waals surface area contributed by atoms with Crippen molar-refractivity contribution in [2.45, 2.75) is 26.3 Å². The molecule has 0 fully saturated rings. The minimum Gasteiger partial charge on any atom is -0.503 e. The quantitative estimate of drug-likeness (QED) is 0.192. The number of Topliss-reactive ketones (excluding diaryl/α,β-unsaturated/α-hetero) is 1. The van der Waals surface area contributed by atoms with Crippen LogP contribution in [-0.4, -0.2) is 29.9 Å². The molecule has 3 aromatic carbocycles. The molecule has 192 valence electrons. The van der Waals surface area contributed by atoms with Crippen LogP contribution < -0.4 is 14.4 Å². The number of carbonyl (C=O) groups excluding carboxylic acids is 3. The first kappa shape index (κ1) is 24.8. The van der Waals surface area contributed by atoms with Gasteiger partial charge in [-0.1, -0.05) is 43.3 Å². The zero-order valence-corrected chi connectivity index (χ0v) is 21.1. The SMILES string of the molecule is CCc1ccc(N2C(=O)C(O)=C(C(=O)c3cc4cccc(OC)c4o3)C2c2ccc(OC(C)=O)cc2)cc1. The molecule has 1 aliphatic heterocycles. The number of para-hydroxylation sites is 1. The van der Waals surface area contributed by atoms with Crippen molar-refractivity contribution in [3.63, 3.8) is 0 Å². The van der Waals surface area contributed by atoms with Crippen molar-refractivity contribution >= 4 is 34.3 Å². The summed E-state index contributed by atoms with van der Waals surface area (Å²) in [5, 5.41) is 11.7. The third-order valence-corrected chi connectivity index (χ3v) is 6.48. The van der Waals surface area contributed by atoms with E-state index in [1.165, 1.54) is 18.9 Å². The van der Waals surface area contributed by atoms with Gasteiger partial charge in [-0.05, 0) is 53.9 Å². The molecule has 1 amide bonds. The molecule has 0 spiro atoms. The highest BCUT2D eigenvalue weighted by atomic mass is 16.5. The van der Waals surface area contributed by atoms with Gasteiger partial charge in [0.05, 0.1) is 18.7 Å². The minimum absolute atomic E-state index is 0.0384. The standard InChI is InChI=1S/C30H25NO7/c1-4-18-8-12-21(13-9-18)31-26(19-10-14-22(15-11-19)37-17(2)32)25(28(34)30(31)35)27(33)24-16-20-6-5-7-23(36-3)29(20)38-24/h5-16,26,34H,4H2,1-3H3. The van der Waals surface area contributed by atoms with Gasteiger partial charge in [-0.2, -0.15) is 0 Å². The second-order valence-electron chi connectivity index (χ2n) is 8.84.